The molecule has 104 valence electrons. The second-order valence-corrected chi connectivity index (χ2v) is 4.49. The third-order valence-corrected chi connectivity index (χ3v) is 3.03. The highest BCUT2D eigenvalue weighted by molar-refractivity contribution is 5.75. The summed E-state index contributed by atoms with van der Waals surface area (Å²) in [6.07, 6.45) is 5.20. The highest BCUT2D eigenvalue weighted by Gasteiger charge is 2.00. The molecule has 1 aromatic carbocycles. The van der Waals surface area contributed by atoms with Gasteiger partial charge < -0.3 is 5.32 Å². The smallest absolute Gasteiger partial charge is 0.155 e. The molecule has 0 unspecified atom stereocenters. The third kappa shape index (κ3) is 3.14. The number of nitrogens with zero attached hydrogens (tertiary/aromatic N) is 4. The SMILES string of the molecule is C=C(/N=C/CNc1ccccc1)c1ccc2ncnn2c1. The van der Waals surface area contributed by atoms with Gasteiger partial charge >= 0.3 is 0 Å². The quantitative estimate of drug-likeness (QED) is 0.730. The van der Waals surface area contributed by atoms with E-state index in [0.717, 1.165) is 16.9 Å². The number of nitrogens with one attached hydrogen (secondary N) is 1. The Hall–Kier alpha value is -2.95. The van der Waals surface area contributed by atoms with Crippen LogP contribution >= 0.6 is 0 Å². The maximum atomic E-state index is 4.36. The molecule has 0 fully saturated rings. The maximum absolute atomic E-state index is 4.36. The van der Waals surface area contributed by atoms with Crippen molar-refractivity contribution in [3.8, 4) is 0 Å². The Labute approximate surface area is 122 Å². The van der Waals surface area contributed by atoms with E-state index >= 15 is 0 Å². The number of anilines is 1. The van der Waals surface area contributed by atoms with Gasteiger partial charge in [-0.2, -0.15) is 5.10 Å². The molecule has 21 heavy (non-hydrogen) atoms. The Morgan fingerprint density at radius 2 is 2.10 bits per heavy atom. The normalized spacial score (nSPS) is 11.0. The lowest BCUT2D eigenvalue weighted by Crippen LogP contribution is -2.02. The lowest BCUT2D eigenvalue weighted by atomic mass is 10.2. The van der Waals surface area contributed by atoms with Crippen LogP contribution in [-0.4, -0.2) is 27.4 Å². The summed E-state index contributed by atoms with van der Waals surface area (Å²) in [5.74, 6) is 0. The van der Waals surface area contributed by atoms with Gasteiger partial charge in [0, 0.05) is 23.7 Å². The molecule has 2 heterocycles. The minimum atomic E-state index is 0.647. The number of aliphatic imine (C=N–C) groups is 1. The topological polar surface area (TPSA) is 54.6 Å². The first kappa shape index (κ1) is 13.1. The third-order valence-electron chi connectivity index (χ3n) is 3.03. The van der Waals surface area contributed by atoms with Crippen molar-refractivity contribution in [2.24, 2.45) is 4.99 Å². The zero-order valence-electron chi connectivity index (χ0n) is 11.5. The van der Waals surface area contributed by atoms with Crippen molar-refractivity contribution in [1.82, 2.24) is 14.6 Å². The van der Waals surface area contributed by atoms with Crippen molar-refractivity contribution in [3.63, 3.8) is 0 Å². The molecule has 0 saturated heterocycles. The summed E-state index contributed by atoms with van der Waals surface area (Å²) in [5, 5.41) is 7.36. The summed E-state index contributed by atoms with van der Waals surface area (Å²) >= 11 is 0. The summed E-state index contributed by atoms with van der Waals surface area (Å²) < 4.78 is 1.71. The van der Waals surface area contributed by atoms with Crippen molar-refractivity contribution in [3.05, 3.63) is 67.1 Å². The molecule has 5 nitrogen and oxygen atoms in total. The number of pyridine rings is 1. The summed E-state index contributed by atoms with van der Waals surface area (Å²) in [6, 6.07) is 13.8. The highest BCUT2D eigenvalue weighted by Crippen LogP contribution is 2.13. The zero-order chi connectivity index (χ0) is 14.5. The Balaban J connectivity index is 1.61. The molecule has 0 aliphatic rings. The second kappa shape index (κ2) is 6.00. The van der Waals surface area contributed by atoms with Crippen LogP contribution in [0.5, 0.6) is 0 Å². The van der Waals surface area contributed by atoms with E-state index in [2.05, 4.69) is 27.0 Å². The lowest BCUT2D eigenvalue weighted by Gasteiger charge is -2.03. The van der Waals surface area contributed by atoms with Crippen LogP contribution in [0.3, 0.4) is 0 Å². The summed E-state index contributed by atoms with van der Waals surface area (Å²) in [6.45, 7) is 4.62. The van der Waals surface area contributed by atoms with Crippen LogP contribution in [0.4, 0.5) is 5.69 Å². The number of para-hydroxylation sites is 1. The molecule has 3 aromatic rings. The molecule has 3 rings (SSSR count). The van der Waals surface area contributed by atoms with Crippen molar-refractivity contribution >= 4 is 23.2 Å². The molecule has 0 atom stereocenters. The predicted molar refractivity (Wildman–Crippen MR) is 85.4 cm³/mol. The van der Waals surface area contributed by atoms with Gasteiger partial charge in [-0.3, -0.25) is 4.99 Å². The van der Waals surface area contributed by atoms with Crippen molar-refractivity contribution in [1.29, 1.82) is 0 Å². The van der Waals surface area contributed by atoms with Crippen molar-refractivity contribution < 1.29 is 0 Å². The monoisotopic (exact) mass is 277 g/mol. The Morgan fingerprint density at radius 1 is 1.24 bits per heavy atom. The second-order valence-electron chi connectivity index (χ2n) is 4.49. The van der Waals surface area contributed by atoms with Crippen LogP contribution in [0.2, 0.25) is 0 Å². The Morgan fingerprint density at radius 3 is 2.95 bits per heavy atom. The largest absolute Gasteiger partial charge is 0.380 e. The van der Waals surface area contributed by atoms with Gasteiger partial charge in [-0.25, -0.2) is 9.50 Å². The standard InChI is InChI=1S/C16H15N5/c1-13(14-7-8-16-19-12-20-21(16)11-14)17-9-10-18-15-5-3-2-4-6-15/h2-9,11-12,18H,1,10H2/b17-9+. The summed E-state index contributed by atoms with van der Waals surface area (Å²) in [5.41, 5.74) is 3.49. The fourth-order valence-corrected chi connectivity index (χ4v) is 1.94. The predicted octanol–water partition coefficient (Wildman–Crippen LogP) is 2.88. The lowest BCUT2D eigenvalue weighted by molar-refractivity contribution is 0.957. The van der Waals surface area contributed by atoms with E-state index in [4.69, 9.17) is 0 Å². The number of fused-ring (bicyclic) bond motifs is 1. The maximum Gasteiger partial charge on any atom is 0.155 e. The molecule has 0 spiro atoms. The molecular weight excluding hydrogens is 262 g/mol. The molecular formula is C16H15N5. The molecule has 0 saturated carbocycles. The van der Waals surface area contributed by atoms with Crippen LogP contribution in [0, 0.1) is 0 Å². The van der Waals surface area contributed by atoms with E-state index < -0.39 is 0 Å². The molecule has 2 aromatic heterocycles. The minimum Gasteiger partial charge on any atom is -0.380 e. The van der Waals surface area contributed by atoms with E-state index in [9.17, 15) is 0 Å². The van der Waals surface area contributed by atoms with Crippen LogP contribution < -0.4 is 5.32 Å². The molecule has 1 N–H and O–H groups in total. The van der Waals surface area contributed by atoms with Crippen LogP contribution in [0.25, 0.3) is 11.3 Å². The first-order valence-corrected chi connectivity index (χ1v) is 6.63. The van der Waals surface area contributed by atoms with Crippen LogP contribution in [-0.2, 0) is 0 Å². The fraction of sp³-hybridized carbons (Fsp3) is 0.0625. The molecule has 0 aliphatic heterocycles. The van der Waals surface area contributed by atoms with Gasteiger partial charge in [0.05, 0.1) is 12.2 Å². The van der Waals surface area contributed by atoms with E-state index in [1.54, 1.807) is 10.7 Å². The average molecular weight is 277 g/mol. The summed E-state index contributed by atoms with van der Waals surface area (Å²) in [4.78, 5) is 8.46. The van der Waals surface area contributed by atoms with E-state index in [1.165, 1.54) is 6.33 Å². The first-order chi connectivity index (χ1) is 10.3. The van der Waals surface area contributed by atoms with Gasteiger partial charge in [0.1, 0.15) is 6.33 Å². The number of benzene rings is 1. The molecule has 0 radical (unpaired) electrons. The van der Waals surface area contributed by atoms with Crippen LogP contribution in [0.1, 0.15) is 5.56 Å². The Bertz CT molecular complexity index is 773. The van der Waals surface area contributed by atoms with Gasteiger partial charge in [-0.15, -0.1) is 0 Å². The van der Waals surface area contributed by atoms with E-state index in [0.29, 0.717) is 12.2 Å². The summed E-state index contributed by atoms with van der Waals surface area (Å²) in [7, 11) is 0. The van der Waals surface area contributed by atoms with Crippen molar-refractivity contribution in [2.45, 2.75) is 0 Å². The fourth-order valence-electron chi connectivity index (χ4n) is 1.94. The highest BCUT2D eigenvalue weighted by atomic mass is 15.3. The number of hydrogen-bond acceptors (Lipinski definition) is 4. The first-order valence-electron chi connectivity index (χ1n) is 6.63. The van der Waals surface area contributed by atoms with E-state index in [1.807, 2.05) is 48.7 Å². The minimum absolute atomic E-state index is 0.647. The van der Waals surface area contributed by atoms with Gasteiger partial charge in [0.25, 0.3) is 0 Å². The van der Waals surface area contributed by atoms with Gasteiger partial charge in [-0.1, -0.05) is 24.8 Å². The van der Waals surface area contributed by atoms with E-state index in [-0.39, 0.29) is 0 Å². The van der Waals surface area contributed by atoms with Gasteiger partial charge in [-0.05, 0) is 24.3 Å². The molecule has 0 aliphatic carbocycles. The zero-order valence-corrected chi connectivity index (χ0v) is 11.5. The Kier molecular flexibility index (Phi) is 3.73. The van der Waals surface area contributed by atoms with Crippen molar-refractivity contribution in [2.75, 3.05) is 11.9 Å². The number of hydrogen-bond donors (Lipinski definition) is 1. The molecule has 5 heteroatoms. The number of aromatic nitrogens is 3. The molecule has 0 amide bonds. The molecule has 0 bridgehead atoms. The average Bonchev–Trinajstić information content (AvgIpc) is 3.00. The van der Waals surface area contributed by atoms with Gasteiger partial charge in [0.15, 0.2) is 5.65 Å². The number of rotatable bonds is 5. The van der Waals surface area contributed by atoms with Crippen LogP contribution in [0.15, 0.2) is 66.6 Å². The van der Waals surface area contributed by atoms with Gasteiger partial charge in [0.2, 0.25) is 0 Å².